The highest BCUT2D eigenvalue weighted by Gasteiger charge is 1.96. The average Bonchev–Trinajstić information content (AvgIpc) is 2.04. The van der Waals surface area contributed by atoms with E-state index in [9.17, 15) is 0 Å². The molecule has 0 atom stereocenters. The molecule has 0 spiro atoms. The highest BCUT2D eigenvalue weighted by atomic mass is 32.1. The molecule has 0 unspecified atom stereocenters. The minimum Gasteiger partial charge on any atom is -0.376 e. The van der Waals surface area contributed by atoms with Crippen molar-refractivity contribution < 1.29 is 0 Å². The first-order chi connectivity index (χ1) is 6.18. The number of rotatable bonds is 1. The second-order valence-corrected chi connectivity index (χ2v) is 3.03. The maximum absolute atomic E-state index is 5.22. The fourth-order valence-corrected chi connectivity index (χ4v) is 1.11. The summed E-state index contributed by atoms with van der Waals surface area (Å²) in [4.78, 5) is 3.90. The summed E-state index contributed by atoms with van der Waals surface area (Å²) >= 11 is 9.51. The lowest BCUT2D eigenvalue weighted by Crippen LogP contribution is -2.37. The van der Waals surface area contributed by atoms with Gasteiger partial charge in [0.15, 0.2) is 10.2 Å². The van der Waals surface area contributed by atoms with Crippen molar-refractivity contribution in [3.8, 4) is 0 Å². The van der Waals surface area contributed by atoms with Crippen molar-refractivity contribution in [2.24, 2.45) is 5.73 Å². The van der Waals surface area contributed by atoms with Gasteiger partial charge < -0.3 is 16.4 Å². The fraction of sp³-hybridized carbons (Fsp3) is 0. The average molecular weight is 212 g/mol. The number of nitrogens with two attached hydrogens (primary N) is 1. The van der Waals surface area contributed by atoms with Gasteiger partial charge in [-0.25, -0.2) is 0 Å². The van der Waals surface area contributed by atoms with Crippen LogP contribution in [0.15, 0.2) is 24.5 Å². The molecule has 0 aromatic carbocycles. The highest BCUT2D eigenvalue weighted by molar-refractivity contribution is 7.82. The summed E-state index contributed by atoms with van der Waals surface area (Å²) in [5.41, 5.74) is 6.01. The summed E-state index contributed by atoms with van der Waals surface area (Å²) in [6, 6.07) is 3.63. The van der Waals surface area contributed by atoms with E-state index in [2.05, 4.69) is 27.8 Å². The molecule has 0 aliphatic carbocycles. The number of anilines is 1. The molecule has 4 nitrogen and oxygen atoms in total. The van der Waals surface area contributed by atoms with Gasteiger partial charge in [-0.3, -0.25) is 4.98 Å². The molecule has 0 bridgehead atoms. The molecule has 1 aromatic rings. The van der Waals surface area contributed by atoms with Gasteiger partial charge in [-0.15, -0.1) is 0 Å². The maximum Gasteiger partial charge on any atom is 0.177 e. The Balaban J connectivity index is 2.50. The topological polar surface area (TPSA) is 63.0 Å². The van der Waals surface area contributed by atoms with Crippen molar-refractivity contribution in [3.05, 3.63) is 24.5 Å². The van der Waals surface area contributed by atoms with E-state index in [-0.39, 0.29) is 5.11 Å². The van der Waals surface area contributed by atoms with E-state index in [1.54, 1.807) is 18.5 Å². The van der Waals surface area contributed by atoms with Crippen molar-refractivity contribution in [1.29, 1.82) is 0 Å². The molecular weight excluding hydrogens is 204 g/mol. The zero-order chi connectivity index (χ0) is 9.68. The molecule has 0 saturated carbocycles. The van der Waals surface area contributed by atoms with Gasteiger partial charge in [0.1, 0.15) is 0 Å². The lowest BCUT2D eigenvalue weighted by atomic mass is 10.4. The number of hydrogen-bond donors (Lipinski definition) is 3. The lowest BCUT2D eigenvalue weighted by molar-refractivity contribution is 1.31. The normalized spacial score (nSPS) is 8.92. The van der Waals surface area contributed by atoms with Crippen LogP contribution in [0.5, 0.6) is 0 Å². The van der Waals surface area contributed by atoms with Gasteiger partial charge in [0.05, 0.1) is 11.9 Å². The summed E-state index contributed by atoms with van der Waals surface area (Å²) in [5, 5.41) is 5.96. The Bertz CT molecular complexity index is 312. The second kappa shape index (κ2) is 4.68. The number of pyridine rings is 1. The molecule has 0 saturated heterocycles. The third-order valence-electron chi connectivity index (χ3n) is 1.16. The number of nitrogens with one attached hydrogen (secondary N) is 2. The minimum atomic E-state index is 0.140. The van der Waals surface area contributed by atoms with Crippen LogP contribution in [0.2, 0.25) is 0 Å². The Morgan fingerprint density at radius 2 is 2.23 bits per heavy atom. The second-order valence-electron chi connectivity index (χ2n) is 2.19. The molecule has 0 amide bonds. The molecular formula is C7H8N4S2. The van der Waals surface area contributed by atoms with Crippen LogP contribution in [-0.2, 0) is 0 Å². The summed E-state index contributed by atoms with van der Waals surface area (Å²) < 4.78 is 0. The van der Waals surface area contributed by atoms with E-state index in [1.807, 2.05) is 6.07 Å². The minimum absolute atomic E-state index is 0.140. The maximum atomic E-state index is 5.22. The first-order valence-corrected chi connectivity index (χ1v) is 4.27. The quantitative estimate of drug-likeness (QED) is 0.593. The number of nitrogens with zero attached hydrogens (tertiary/aromatic N) is 1. The van der Waals surface area contributed by atoms with Crippen LogP contribution in [0.1, 0.15) is 0 Å². The fourth-order valence-electron chi connectivity index (χ4n) is 0.711. The van der Waals surface area contributed by atoms with Crippen LogP contribution < -0.4 is 16.4 Å². The van der Waals surface area contributed by atoms with Gasteiger partial charge in [-0.05, 0) is 36.6 Å². The largest absolute Gasteiger partial charge is 0.376 e. The summed E-state index contributed by atoms with van der Waals surface area (Å²) in [7, 11) is 0. The van der Waals surface area contributed by atoms with E-state index in [0.717, 1.165) is 5.69 Å². The molecule has 68 valence electrons. The first-order valence-electron chi connectivity index (χ1n) is 3.46. The van der Waals surface area contributed by atoms with Crippen LogP contribution >= 0.6 is 24.4 Å². The van der Waals surface area contributed by atoms with Gasteiger partial charge in [0, 0.05) is 6.20 Å². The summed E-state index contributed by atoms with van der Waals surface area (Å²) in [6.45, 7) is 0. The Labute approximate surface area is 86.5 Å². The Morgan fingerprint density at radius 3 is 2.77 bits per heavy atom. The van der Waals surface area contributed by atoms with Crippen LogP contribution in [-0.4, -0.2) is 15.2 Å². The molecule has 1 aromatic heterocycles. The zero-order valence-corrected chi connectivity index (χ0v) is 8.28. The zero-order valence-electron chi connectivity index (χ0n) is 6.65. The SMILES string of the molecule is NC(=S)NC(=S)Nc1cccnc1. The van der Waals surface area contributed by atoms with Crippen molar-refractivity contribution in [1.82, 2.24) is 10.3 Å². The smallest absolute Gasteiger partial charge is 0.177 e. The third kappa shape index (κ3) is 3.77. The number of aromatic nitrogens is 1. The third-order valence-corrected chi connectivity index (χ3v) is 1.46. The van der Waals surface area contributed by atoms with Crippen molar-refractivity contribution in [3.63, 3.8) is 0 Å². The lowest BCUT2D eigenvalue weighted by Gasteiger charge is -2.07. The van der Waals surface area contributed by atoms with Gasteiger partial charge in [0.25, 0.3) is 0 Å². The van der Waals surface area contributed by atoms with E-state index in [0.29, 0.717) is 5.11 Å². The highest BCUT2D eigenvalue weighted by Crippen LogP contribution is 2.01. The molecule has 0 aliphatic rings. The molecule has 1 heterocycles. The van der Waals surface area contributed by atoms with Gasteiger partial charge in [-0.1, -0.05) is 0 Å². The van der Waals surface area contributed by atoms with Crippen LogP contribution in [0.3, 0.4) is 0 Å². The van der Waals surface area contributed by atoms with Crippen LogP contribution in [0.4, 0.5) is 5.69 Å². The molecule has 6 heteroatoms. The first kappa shape index (κ1) is 9.82. The molecule has 0 fully saturated rings. The van der Waals surface area contributed by atoms with E-state index < -0.39 is 0 Å². The summed E-state index contributed by atoms with van der Waals surface area (Å²) in [5.74, 6) is 0. The number of thiocarbonyl (C=S) groups is 2. The van der Waals surface area contributed by atoms with Gasteiger partial charge in [-0.2, -0.15) is 0 Å². The molecule has 0 radical (unpaired) electrons. The number of hydrogen-bond acceptors (Lipinski definition) is 3. The molecule has 13 heavy (non-hydrogen) atoms. The Morgan fingerprint density at radius 1 is 1.46 bits per heavy atom. The predicted molar refractivity (Wildman–Crippen MR) is 60.4 cm³/mol. The Kier molecular flexibility index (Phi) is 3.53. The van der Waals surface area contributed by atoms with Crippen molar-refractivity contribution in [2.45, 2.75) is 0 Å². The molecule has 1 rings (SSSR count). The predicted octanol–water partition coefficient (Wildman–Crippen LogP) is 0.612. The monoisotopic (exact) mass is 212 g/mol. The molecule has 4 N–H and O–H groups in total. The standard InChI is InChI=1S/C7H8N4S2/c8-6(12)11-7(13)10-5-2-1-3-9-4-5/h1-4H,(H4,8,10,11,12,13). The van der Waals surface area contributed by atoms with Crippen LogP contribution in [0.25, 0.3) is 0 Å². The molecule has 0 aliphatic heterocycles. The van der Waals surface area contributed by atoms with E-state index in [4.69, 9.17) is 18.0 Å². The van der Waals surface area contributed by atoms with Crippen molar-refractivity contribution in [2.75, 3.05) is 5.32 Å². The van der Waals surface area contributed by atoms with E-state index >= 15 is 0 Å². The van der Waals surface area contributed by atoms with Crippen molar-refractivity contribution >= 4 is 40.3 Å². The Hall–Kier alpha value is -1.27. The van der Waals surface area contributed by atoms with Gasteiger partial charge >= 0.3 is 0 Å². The van der Waals surface area contributed by atoms with Gasteiger partial charge in [0.2, 0.25) is 0 Å². The van der Waals surface area contributed by atoms with Crippen LogP contribution in [0, 0.1) is 0 Å². The summed E-state index contributed by atoms with van der Waals surface area (Å²) in [6.07, 6.45) is 3.32. The van der Waals surface area contributed by atoms with E-state index in [1.165, 1.54) is 0 Å².